The SMILES string of the molecule is COc1cc(N)c(N2CC(C)C(C)C2)cc1OC. The van der Waals surface area contributed by atoms with E-state index in [1.54, 1.807) is 14.2 Å². The molecule has 2 unspecified atom stereocenters. The molecule has 4 nitrogen and oxygen atoms in total. The van der Waals surface area contributed by atoms with Crippen LogP contribution in [0.5, 0.6) is 11.5 Å². The van der Waals surface area contributed by atoms with Gasteiger partial charge in [-0.1, -0.05) is 13.8 Å². The molecule has 0 amide bonds. The lowest BCUT2D eigenvalue weighted by molar-refractivity contribution is 0.355. The first-order valence-corrected chi connectivity index (χ1v) is 6.33. The summed E-state index contributed by atoms with van der Waals surface area (Å²) in [4.78, 5) is 2.33. The normalized spacial score (nSPS) is 23.2. The largest absolute Gasteiger partial charge is 0.493 e. The maximum absolute atomic E-state index is 6.11. The summed E-state index contributed by atoms with van der Waals surface area (Å²) in [7, 11) is 3.27. The van der Waals surface area contributed by atoms with Gasteiger partial charge < -0.3 is 20.1 Å². The highest BCUT2D eigenvalue weighted by Crippen LogP contribution is 2.39. The Kier molecular flexibility index (Phi) is 3.55. The Balaban J connectivity index is 2.34. The first kappa shape index (κ1) is 12.9. The van der Waals surface area contributed by atoms with Crippen LogP contribution >= 0.6 is 0 Å². The quantitative estimate of drug-likeness (QED) is 0.837. The standard InChI is InChI=1S/C14H22N2O2/c1-9-7-16(8-10(9)2)12-6-14(18-4)13(17-3)5-11(12)15/h5-6,9-10H,7-8,15H2,1-4H3. The van der Waals surface area contributed by atoms with Crippen LogP contribution < -0.4 is 20.1 Å². The monoisotopic (exact) mass is 250 g/mol. The fraction of sp³-hybridized carbons (Fsp3) is 0.571. The van der Waals surface area contributed by atoms with Gasteiger partial charge in [0.1, 0.15) is 0 Å². The number of anilines is 2. The van der Waals surface area contributed by atoms with Gasteiger partial charge in [-0.25, -0.2) is 0 Å². The summed E-state index contributed by atoms with van der Waals surface area (Å²) < 4.78 is 10.6. The van der Waals surface area contributed by atoms with Crippen molar-refractivity contribution >= 4 is 11.4 Å². The lowest BCUT2D eigenvalue weighted by atomic mass is 10.0. The minimum Gasteiger partial charge on any atom is -0.493 e. The minimum absolute atomic E-state index is 0.680. The zero-order valence-electron chi connectivity index (χ0n) is 11.6. The Morgan fingerprint density at radius 3 is 2.06 bits per heavy atom. The first-order valence-electron chi connectivity index (χ1n) is 6.33. The summed E-state index contributed by atoms with van der Waals surface area (Å²) in [6.45, 7) is 6.64. The van der Waals surface area contributed by atoms with E-state index in [4.69, 9.17) is 15.2 Å². The molecule has 1 heterocycles. The Morgan fingerprint density at radius 1 is 1.06 bits per heavy atom. The molecule has 1 aromatic rings. The van der Waals surface area contributed by atoms with Crippen molar-refractivity contribution in [3.8, 4) is 11.5 Å². The molecule has 0 bridgehead atoms. The molecule has 100 valence electrons. The van der Waals surface area contributed by atoms with Crippen molar-refractivity contribution in [2.45, 2.75) is 13.8 Å². The molecule has 2 N–H and O–H groups in total. The van der Waals surface area contributed by atoms with E-state index in [0.29, 0.717) is 17.6 Å². The van der Waals surface area contributed by atoms with Crippen molar-refractivity contribution in [3.05, 3.63) is 12.1 Å². The highest BCUT2D eigenvalue weighted by atomic mass is 16.5. The number of benzene rings is 1. The number of nitrogens with two attached hydrogens (primary N) is 1. The van der Waals surface area contributed by atoms with Gasteiger partial charge in [-0.15, -0.1) is 0 Å². The first-order chi connectivity index (χ1) is 8.56. The molecule has 0 aromatic heterocycles. The second-order valence-corrected chi connectivity index (χ2v) is 5.13. The van der Waals surface area contributed by atoms with Crippen LogP contribution in [0.15, 0.2) is 12.1 Å². The van der Waals surface area contributed by atoms with Crippen molar-refractivity contribution in [1.29, 1.82) is 0 Å². The summed E-state index contributed by atoms with van der Waals surface area (Å²) in [5.41, 5.74) is 7.90. The zero-order valence-corrected chi connectivity index (χ0v) is 11.6. The molecule has 1 aromatic carbocycles. The van der Waals surface area contributed by atoms with Crippen molar-refractivity contribution in [2.75, 3.05) is 37.9 Å². The fourth-order valence-corrected chi connectivity index (χ4v) is 2.48. The fourth-order valence-electron chi connectivity index (χ4n) is 2.48. The van der Waals surface area contributed by atoms with Crippen LogP contribution in [0.3, 0.4) is 0 Å². The van der Waals surface area contributed by atoms with E-state index in [9.17, 15) is 0 Å². The molecule has 4 heteroatoms. The van der Waals surface area contributed by atoms with E-state index in [-0.39, 0.29) is 0 Å². The van der Waals surface area contributed by atoms with Gasteiger partial charge in [0.15, 0.2) is 11.5 Å². The van der Waals surface area contributed by atoms with Crippen molar-refractivity contribution in [3.63, 3.8) is 0 Å². The number of nitrogen functional groups attached to an aromatic ring is 1. The maximum atomic E-state index is 6.11. The van der Waals surface area contributed by atoms with Gasteiger partial charge in [-0.2, -0.15) is 0 Å². The molecule has 18 heavy (non-hydrogen) atoms. The second-order valence-electron chi connectivity index (χ2n) is 5.13. The Morgan fingerprint density at radius 2 is 1.56 bits per heavy atom. The van der Waals surface area contributed by atoms with Gasteiger partial charge in [0.05, 0.1) is 25.6 Å². The van der Waals surface area contributed by atoms with Crippen molar-refractivity contribution in [1.82, 2.24) is 0 Å². The molecule has 2 atom stereocenters. The maximum Gasteiger partial charge on any atom is 0.162 e. The van der Waals surface area contributed by atoms with Crippen LogP contribution in [0, 0.1) is 11.8 Å². The summed E-state index contributed by atoms with van der Waals surface area (Å²) in [5, 5.41) is 0. The van der Waals surface area contributed by atoms with Crippen molar-refractivity contribution < 1.29 is 9.47 Å². The van der Waals surface area contributed by atoms with Gasteiger partial charge in [0.25, 0.3) is 0 Å². The third-order valence-electron chi connectivity index (χ3n) is 3.86. The molecule has 0 saturated carbocycles. The molecule has 1 fully saturated rings. The van der Waals surface area contributed by atoms with Crippen LogP contribution in [0.1, 0.15) is 13.8 Å². The summed E-state index contributed by atoms with van der Waals surface area (Å²) >= 11 is 0. The average Bonchev–Trinajstić information content (AvgIpc) is 2.69. The third-order valence-corrected chi connectivity index (χ3v) is 3.86. The molecular weight excluding hydrogens is 228 g/mol. The minimum atomic E-state index is 0.680. The molecule has 0 spiro atoms. The predicted octanol–water partition coefficient (Wildman–Crippen LogP) is 2.38. The zero-order chi connectivity index (χ0) is 13.3. The van der Waals surface area contributed by atoms with E-state index in [0.717, 1.165) is 30.2 Å². The van der Waals surface area contributed by atoms with E-state index >= 15 is 0 Å². The number of methoxy groups -OCH3 is 2. The van der Waals surface area contributed by atoms with Gasteiger partial charge in [-0.05, 0) is 11.8 Å². The highest BCUT2D eigenvalue weighted by Gasteiger charge is 2.27. The van der Waals surface area contributed by atoms with Gasteiger partial charge in [-0.3, -0.25) is 0 Å². The summed E-state index contributed by atoms with van der Waals surface area (Å²) in [6, 6.07) is 3.81. The number of rotatable bonds is 3. The smallest absolute Gasteiger partial charge is 0.162 e. The van der Waals surface area contributed by atoms with E-state index in [1.807, 2.05) is 12.1 Å². The Bertz CT molecular complexity index is 424. The molecule has 0 aliphatic carbocycles. The van der Waals surface area contributed by atoms with E-state index < -0.39 is 0 Å². The number of hydrogen-bond donors (Lipinski definition) is 1. The van der Waals surface area contributed by atoms with Crippen LogP contribution in [0.2, 0.25) is 0 Å². The van der Waals surface area contributed by atoms with E-state index in [1.165, 1.54) is 0 Å². The number of hydrogen-bond acceptors (Lipinski definition) is 4. The summed E-state index contributed by atoms with van der Waals surface area (Å²) in [5.74, 6) is 2.79. The van der Waals surface area contributed by atoms with Crippen LogP contribution in [0.4, 0.5) is 11.4 Å². The topological polar surface area (TPSA) is 47.7 Å². The van der Waals surface area contributed by atoms with Crippen LogP contribution in [-0.2, 0) is 0 Å². The molecule has 1 saturated heterocycles. The van der Waals surface area contributed by atoms with Crippen molar-refractivity contribution in [2.24, 2.45) is 11.8 Å². The molecule has 1 aliphatic rings. The van der Waals surface area contributed by atoms with E-state index in [2.05, 4.69) is 18.7 Å². The highest BCUT2D eigenvalue weighted by molar-refractivity contribution is 5.73. The second kappa shape index (κ2) is 4.96. The number of nitrogens with zero attached hydrogens (tertiary/aromatic N) is 1. The molecule has 0 radical (unpaired) electrons. The molecule has 1 aliphatic heterocycles. The molecular formula is C14H22N2O2. The predicted molar refractivity (Wildman–Crippen MR) is 74.5 cm³/mol. The lowest BCUT2D eigenvalue weighted by Gasteiger charge is -2.22. The Hall–Kier alpha value is -1.58. The van der Waals surface area contributed by atoms with Crippen LogP contribution in [0.25, 0.3) is 0 Å². The molecule has 2 rings (SSSR count). The van der Waals surface area contributed by atoms with Gasteiger partial charge in [0, 0.05) is 25.2 Å². The van der Waals surface area contributed by atoms with Gasteiger partial charge in [0.2, 0.25) is 0 Å². The third kappa shape index (κ3) is 2.19. The Labute approximate surface area is 109 Å². The lowest BCUT2D eigenvalue weighted by Crippen LogP contribution is -2.21. The summed E-state index contributed by atoms with van der Waals surface area (Å²) in [6.07, 6.45) is 0. The van der Waals surface area contributed by atoms with Crippen LogP contribution in [-0.4, -0.2) is 27.3 Å². The number of ether oxygens (including phenoxy) is 2. The van der Waals surface area contributed by atoms with Gasteiger partial charge >= 0.3 is 0 Å². The average molecular weight is 250 g/mol.